The molecule has 8 nitrogen and oxygen atoms in total. The van der Waals surface area contributed by atoms with Gasteiger partial charge in [-0.2, -0.15) is 0 Å². The minimum Gasteiger partial charge on any atom is -0.481 e. The molecule has 1 saturated heterocycles. The van der Waals surface area contributed by atoms with Crippen LogP contribution in [0.2, 0.25) is 0 Å². The minimum absolute atomic E-state index is 0.0149. The lowest BCUT2D eigenvalue weighted by Crippen LogP contribution is -2.47. The summed E-state index contributed by atoms with van der Waals surface area (Å²) in [4.78, 5) is 25.5. The molecule has 26 heavy (non-hydrogen) atoms. The third-order valence-electron chi connectivity index (χ3n) is 4.48. The number of ether oxygens (including phenoxy) is 1. The molecular formula is C17H24N2O6S. The van der Waals surface area contributed by atoms with Crippen molar-refractivity contribution in [2.24, 2.45) is 5.92 Å². The molecule has 1 aliphatic rings. The van der Waals surface area contributed by atoms with E-state index in [9.17, 15) is 23.1 Å². The Hall–Kier alpha value is -1.97. The molecule has 1 heterocycles. The number of nitrogens with one attached hydrogen (secondary N) is 1. The summed E-state index contributed by atoms with van der Waals surface area (Å²) < 4.78 is 31.8. The van der Waals surface area contributed by atoms with Crippen molar-refractivity contribution in [3.63, 3.8) is 0 Å². The van der Waals surface area contributed by atoms with E-state index in [1.54, 1.807) is 0 Å². The first-order valence-electron chi connectivity index (χ1n) is 8.38. The van der Waals surface area contributed by atoms with Gasteiger partial charge in [0.15, 0.2) is 0 Å². The van der Waals surface area contributed by atoms with Gasteiger partial charge < -0.3 is 14.7 Å². The molecule has 1 aromatic carbocycles. The average molecular weight is 384 g/mol. The second kappa shape index (κ2) is 8.61. The van der Waals surface area contributed by atoms with Crippen molar-refractivity contribution in [2.45, 2.75) is 30.7 Å². The smallest absolute Gasteiger partial charge is 0.308 e. The van der Waals surface area contributed by atoms with Gasteiger partial charge in [-0.05, 0) is 38.0 Å². The summed E-state index contributed by atoms with van der Waals surface area (Å²) in [6.45, 7) is 2.35. The molecule has 1 fully saturated rings. The van der Waals surface area contributed by atoms with Gasteiger partial charge in [0.05, 0.1) is 17.4 Å². The van der Waals surface area contributed by atoms with Gasteiger partial charge in [-0.1, -0.05) is 6.07 Å². The van der Waals surface area contributed by atoms with Gasteiger partial charge in [0, 0.05) is 31.8 Å². The maximum atomic E-state index is 12.8. The monoisotopic (exact) mass is 384 g/mol. The first-order valence-corrected chi connectivity index (χ1v) is 9.87. The van der Waals surface area contributed by atoms with Crippen molar-refractivity contribution in [3.05, 3.63) is 29.8 Å². The fraction of sp³-hybridized carbons (Fsp3) is 0.529. The summed E-state index contributed by atoms with van der Waals surface area (Å²) in [7, 11) is -2.28. The van der Waals surface area contributed by atoms with Gasteiger partial charge in [-0.25, -0.2) is 13.1 Å². The molecule has 2 atom stereocenters. The number of aliphatic carboxylic acids is 1. The van der Waals surface area contributed by atoms with E-state index in [2.05, 4.69) is 4.72 Å². The number of nitrogens with zero attached hydrogens (tertiary/aromatic N) is 1. The number of carbonyl (C=O) groups excluding carboxylic acids is 1. The number of rotatable bonds is 7. The fourth-order valence-electron chi connectivity index (χ4n) is 2.92. The standard InChI is InChI=1S/C17H24N2O6S/c1-12-6-7-14(17(21)22)11-19(12)16(20)13-4-3-5-15(10-13)26(23,24)18-8-9-25-2/h3-5,10,12,14,18H,6-9,11H2,1-2H3,(H,21,22). The molecule has 0 saturated carbocycles. The van der Waals surface area contributed by atoms with Gasteiger partial charge in [0.2, 0.25) is 10.0 Å². The lowest BCUT2D eigenvalue weighted by atomic mass is 9.93. The second-order valence-corrected chi connectivity index (χ2v) is 8.10. The normalized spacial score (nSPS) is 20.8. The highest BCUT2D eigenvalue weighted by Gasteiger charge is 2.33. The zero-order valence-corrected chi connectivity index (χ0v) is 15.7. The van der Waals surface area contributed by atoms with Gasteiger partial charge >= 0.3 is 5.97 Å². The van der Waals surface area contributed by atoms with Crippen LogP contribution in [0.4, 0.5) is 0 Å². The van der Waals surface area contributed by atoms with Crippen molar-refractivity contribution in [1.29, 1.82) is 0 Å². The topological polar surface area (TPSA) is 113 Å². The molecule has 2 rings (SSSR count). The molecule has 1 amide bonds. The third-order valence-corrected chi connectivity index (χ3v) is 5.94. The maximum Gasteiger partial charge on any atom is 0.308 e. The van der Waals surface area contributed by atoms with Crippen molar-refractivity contribution in [2.75, 3.05) is 26.8 Å². The van der Waals surface area contributed by atoms with E-state index in [1.165, 1.54) is 36.3 Å². The van der Waals surface area contributed by atoms with Crippen LogP contribution in [0.25, 0.3) is 0 Å². The van der Waals surface area contributed by atoms with Crippen LogP contribution in [0, 0.1) is 5.92 Å². The highest BCUT2D eigenvalue weighted by atomic mass is 32.2. The largest absolute Gasteiger partial charge is 0.481 e. The lowest BCUT2D eigenvalue weighted by molar-refractivity contribution is -0.143. The number of carboxylic acids is 1. The zero-order chi connectivity index (χ0) is 19.3. The molecule has 2 N–H and O–H groups in total. The first kappa shape index (κ1) is 20.3. The Labute approximate surface area is 153 Å². The minimum atomic E-state index is -3.75. The Morgan fingerprint density at radius 2 is 2.08 bits per heavy atom. The summed E-state index contributed by atoms with van der Waals surface area (Å²) in [5.74, 6) is -1.89. The van der Waals surface area contributed by atoms with Crippen molar-refractivity contribution in [1.82, 2.24) is 9.62 Å². The number of carboxylic acid groups (broad SMARTS) is 1. The molecular weight excluding hydrogens is 360 g/mol. The molecule has 1 aromatic rings. The van der Waals surface area contributed by atoms with Crippen molar-refractivity contribution >= 4 is 21.9 Å². The number of carbonyl (C=O) groups is 2. The number of hydrogen-bond donors (Lipinski definition) is 2. The summed E-state index contributed by atoms with van der Waals surface area (Å²) in [6.07, 6.45) is 1.12. The van der Waals surface area contributed by atoms with Crippen LogP contribution >= 0.6 is 0 Å². The molecule has 0 aliphatic carbocycles. The molecule has 0 radical (unpaired) electrons. The summed E-state index contributed by atoms with van der Waals surface area (Å²) in [5.41, 5.74) is 0.220. The van der Waals surface area contributed by atoms with Gasteiger partial charge in [0.25, 0.3) is 5.91 Å². The van der Waals surface area contributed by atoms with E-state index >= 15 is 0 Å². The predicted octanol–water partition coefficient (Wildman–Crippen LogP) is 0.937. The molecule has 144 valence electrons. The molecule has 0 spiro atoms. The number of hydrogen-bond acceptors (Lipinski definition) is 5. The van der Waals surface area contributed by atoms with E-state index in [4.69, 9.17) is 4.74 Å². The van der Waals surface area contributed by atoms with Crippen LogP contribution in [0.1, 0.15) is 30.1 Å². The van der Waals surface area contributed by atoms with Crippen LogP contribution in [0.5, 0.6) is 0 Å². The van der Waals surface area contributed by atoms with Crippen LogP contribution in [0.15, 0.2) is 29.2 Å². The summed E-state index contributed by atoms with van der Waals surface area (Å²) in [5, 5.41) is 9.21. The molecule has 0 bridgehead atoms. The number of methoxy groups -OCH3 is 1. The molecule has 9 heteroatoms. The quantitative estimate of drug-likeness (QED) is 0.677. The van der Waals surface area contributed by atoms with Gasteiger partial charge in [-0.15, -0.1) is 0 Å². The number of piperidine rings is 1. The van der Waals surface area contributed by atoms with E-state index in [0.29, 0.717) is 12.8 Å². The van der Waals surface area contributed by atoms with Crippen LogP contribution in [0.3, 0.4) is 0 Å². The molecule has 1 aliphatic heterocycles. The van der Waals surface area contributed by atoms with E-state index in [-0.39, 0.29) is 42.1 Å². The maximum absolute atomic E-state index is 12.8. The highest BCUT2D eigenvalue weighted by Crippen LogP contribution is 2.24. The second-order valence-electron chi connectivity index (χ2n) is 6.34. The average Bonchev–Trinajstić information content (AvgIpc) is 2.61. The van der Waals surface area contributed by atoms with E-state index < -0.39 is 21.9 Å². The Morgan fingerprint density at radius 3 is 2.73 bits per heavy atom. The highest BCUT2D eigenvalue weighted by molar-refractivity contribution is 7.89. The van der Waals surface area contributed by atoms with Crippen molar-refractivity contribution in [3.8, 4) is 0 Å². The SMILES string of the molecule is COCCNS(=O)(=O)c1cccc(C(=O)N2CC(C(=O)O)CCC2C)c1. The predicted molar refractivity (Wildman–Crippen MR) is 94.4 cm³/mol. The Kier molecular flexibility index (Phi) is 6.74. The molecule has 2 unspecified atom stereocenters. The van der Waals surface area contributed by atoms with Crippen LogP contribution < -0.4 is 4.72 Å². The van der Waals surface area contributed by atoms with Gasteiger partial charge in [0.1, 0.15) is 0 Å². The van der Waals surface area contributed by atoms with Crippen LogP contribution in [-0.2, 0) is 19.6 Å². The lowest BCUT2D eigenvalue weighted by Gasteiger charge is -2.36. The number of likely N-dealkylation sites (tertiary alicyclic amines) is 1. The first-order chi connectivity index (χ1) is 12.3. The third kappa shape index (κ3) is 4.80. The summed E-state index contributed by atoms with van der Waals surface area (Å²) in [6, 6.07) is 5.66. The summed E-state index contributed by atoms with van der Waals surface area (Å²) >= 11 is 0. The van der Waals surface area contributed by atoms with Gasteiger partial charge in [-0.3, -0.25) is 9.59 Å². The van der Waals surface area contributed by atoms with Crippen molar-refractivity contribution < 1.29 is 27.9 Å². The number of sulfonamides is 1. The molecule has 0 aromatic heterocycles. The number of amides is 1. The fourth-order valence-corrected chi connectivity index (χ4v) is 3.97. The van der Waals surface area contributed by atoms with E-state index in [0.717, 1.165) is 0 Å². The zero-order valence-electron chi connectivity index (χ0n) is 14.8. The Morgan fingerprint density at radius 1 is 1.35 bits per heavy atom. The number of benzene rings is 1. The van der Waals surface area contributed by atoms with Crippen LogP contribution in [-0.4, -0.2) is 63.1 Å². The van der Waals surface area contributed by atoms with E-state index in [1.807, 2.05) is 6.92 Å². The Balaban J connectivity index is 2.20. The Bertz CT molecular complexity index is 764.